The summed E-state index contributed by atoms with van der Waals surface area (Å²) in [4.78, 5) is 10.7. The largest absolute Gasteiger partial charge is 0.478 e. The highest BCUT2D eigenvalue weighted by molar-refractivity contribution is 5.77. The average molecular weight is 223 g/mol. The minimum atomic E-state index is -2.54. The van der Waals surface area contributed by atoms with Crippen LogP contribution in [0.15, 0.2) is 0 Å². The second-order valence-corrected chi connectivity index (χ2v) is 3.36. The van der Waals surface area contributed by atoms with E-state index < -0.39 is 42.7 Å². The van der Waals surface area contributed by atoms with Crippen LogP contribution in [0.25, 0.3) is 0 Å². The first-order chi connectivity index (χ1) is 6.84. The van der Waals surface area contributed by atoms with Crippen molar-refractivity contribution in [1.82, 2.24) is 0 Å². The normalized spacial score (nSPS) is 46.5. The molecular weight excluding hydrogens is 210 g/mol. The Kier molecular flexibility index (Phi) is 3.28. The van der Waals surface area contributed by atoms with Gasteiger partial charge in [0.2, 0.25) is 5.72 Å². The molecule has 0 spiro atoms. The van der Waals surface area contributed by atoms with E-state index in [0.717, 1.165) is 0 Å². The summed E-state index contributed by atoms with van der Waals surface area (Å²) in [5, 5.41) is 45.4. The number of carbonyl (C=O) groups is 1. The van der Waals surface area contributed by atoms with Crippen molar-refractivity contribution in [2.45, 2.75) is 30.1 Å². The monoisotopic (exact) mass is 223 g/mol. The molecule has 1 fully saturated rings. The number of carboxylic acid groups (broad SMARTS) is 1. The fourth-order valence-corrected chi connectivity index (χ4v) is 1.37. The van der Waals surface area contributed by atoms with Crippen LogP contribution in [0.2, 0.25) is 0 Å². The maximum atomic E-state index is 10.7. The van der Waals surface area contributed by atoms with Crippen molar-refractivity contribution in [3.05, 3.63) is 0 Å². The fourth-order valence-electron chi connectivity index (χ4n) is 1.37. The van der Waals surface area contributed by atoms with E-state index in [2.05, 4.69) is 4.74 Å². The lowest BCUT2D eigenvalue weighted by Gasteiger charge is -2.43. The van der Waals surface area contributed by atoms with Crippen molar-refractivity contribution >= 4 is 5.97 Å². The van der Waals surface area contributed by atoms with E-state index in [-0.39, 0.29) is 0 Å². The van der Waals surface area contributed by atoms with Crippen LogP contribution < -0.4 is 5.73 Å². The van der Waals surface area contributed by atoms with Crippen LogP contribution >= 0.6 is 0 Å². The third-order valence-electron chi connectivity index (χ3n) is 2.35. The molecule has 5 atom stereocenters. The summed E-state index contributed by atoms with van der Waals surface area (Å²) in [7, 11) is 0. The molecule has 0 saturated carbocycles. The molecule has 1 aliphatic rings. The van der Waals surface area contributed by atoms with Gasteiger partial charge in [0.25, 0.3) is 0 Å². The SMILES string of the molecule is N[C@@]1(C(=O)O)O[C@H](CO)[C@H](O)[C@H](O)C1O. The predicted octanol–water partition coefficient (Wildman–Crippen LogP) is -3.80. The maximum absolute atomic E-state index is 10.7. The van der Waals surface area contributed by atoms with Crippen molar-refractivity contribution in [3.63, 3.8) is 0 Å². The van der Waals surface area contributed by atoms with E-state index in [1.165, 1.54) is 0 Å². The molecule has 1 aliphatic heterocycles. The van der Waals surface area contributed by atoms with E-state index in [1.54, 1.807) is 0 Å². The van der Waals surface area contributed by atoms with Crippen LogP contribution in [0, 0.1) is 0 Å². The highest BCUT2D eigenvalue weighted by atomic mass is 16.6. The number of ether oxygens (including phenoxy) is 1. The van der Waals surface area contributed by atoms with Gasteiger partial charge in [-0.3, -0.25) is 5.73 Å². The fraction of sp³-hybridized carbons (Fsp3) is 0.857. The van der Waals surface area contributed by atoms with Gasteiger partial charge in [-0.05, 0) is 0 Å². The molecule has 15 heavy (non-hydrogen) atoms. The maximum Gasteiger partial charge on any atom is 0.354 e. The lowest BCUT2D eigenvalue weighted by atomic mass is 9.91. The first-order valence-electron chi connectivity index (χ1n) is 4.19. The number of aliphatic hydroxyl groups excluding tert-OH is 4. The van der Waals surface area contributed by atoms with Gasteiger partial charge in [-0.1, -0.05) is 0 Å². The Morgan fingerprint density at radius 1 is 1.33 bits per heavy atom. The molecule has 0 aliphatic carbocycles. The summed E-state index contributed by atoms with van der Waals surface area (Å²) >= 11 is 0. The molecule has 0 aromatic rings. The number of hydrogen-bond acceptors (Lipinski definition) is 7. The second-order valence-electron chi connectivity index (χ2n) is 3.36. The Hall–Kier alpha value is -0.770. The van der Waals surface area contributed by atoms with Gasteiger partial charge < -0.3 is 30.3 Å². The highest BCUT2D eigenvalue weighted by Gasteiger charge is 2.55. The minimum absolute atomic E-state index is 0.725. The highest BCUT2D eigenvalue weighted by Crippen LogP contribution is 2.26. The van der Waals surface area contributed by atoms with Crippen LogP contribution in [-0.4, -0.2) is 68.2 Å². The van der Waals surface area contributed by atoms with E-state index >= 15 is 0 Å². The lowest BCUT2D eigenvalue weighted by Crippen LogP contribution is -2.72. The molecule has 7 N–H and O–H groups in total. The van der Waals surface area contributed by atoms with Crippen molar-refractivity contribution < 1.29 is 35.1 Å². The summed E-state index contributed by atoms with van der Waals surface area (Å²) in [6, 6.07) is 0. The first-order valence-corrected chi connectivity index (χ1v) is 4.19. The van der Waals surface area contributed by atoms with Gasteiger partial charge in [-0.2, -0.15) is 0 Å². The van der Waals surface area contributed by atoms with Crippen molar-refractivity contribution in [1.29, 1.82) is 0 Å². The molecule has 0 bridgehead atoms. The standard InChI is InChI=1S/C7H13NO7/c8-7(6(13)14)5(12)4(11)3(10)2(1-9)15-7/h2-5,9-12H,1,8H2,(H,13,14)/t2-,3+,4+,5?,7-/m1/s1. The predicted molar refractivity (Wildman–Crippen MR) is 44.5 cm³/mol. The molecular formula is C7H13NO7. The molecule has 8 nitrogen and oxygen atoms in total. The summed E-state index contributed by atoms with van der Waals surface area (Å²) in [6.07, 6.45) is -6.73. The zero-order chi connectivity index (χ0) is 11.8. The van der Waals surface area contributed by atoms with Gasteiger partial charge in [0.15, 0.2) is 0 Å². The molecule has 1 heterocycles. The quantitative estimate of drug-likeness (QED) is 0.278. The Bertz CT molecular complexity index is 258. The molecule has 8 heteroatoms. The van der Waals surface area contributed by atoms with Gasteiger partial charge in [0.05, 0.1) is 6.61 Å². The van der Waals surface area contributed by atoms with Crippen molar-refractivity contribution in [2.24, 2.45) is 5.73 Å². The number of hydrogen-bond donors (Lipinski definition) is 6. The van der Waals surface area contributed by atoms with Crippen molar-refractivity contribution in [3.8, 4) is 0 Å². The van der Waals surface area contributed by atoms with Crippen LogP contribution in [0.3, 0.4) is 0 Å². The summed E-state index contributed by atoms with van der Waals surface area (Å²) in [5.74, 6) is -1.69. The van der Waals surface area contributed by atoms with Gasteiger partial charge in [0.1, 0.15) is 24.4 Å². The van der Waals surface area contributed by atoms with Gasteiger partial charge >= 0.3 is 5.97 Å². The molecule has 0 radical (unpaired) electrons. The number of carboxylic acids is 1. The zero-order valence-electron chi connectivity index (χ0n) is 7.65. The number of aliphatic carboxylic acids is 1. The molecule has 0 aromatic heterocycles. The third-order valence-corrected chi connectivity index (χ3v) is 2.35. The second kappa shape index (κ2) is 4.00. The van der Waals surface area contributed by atoms with Crippen LogP contribution in [0.1, 0.15) is 0 Å². The van der Waals surface area contributed by atoms with Gasteiger partial charge in [-0.15, -0.1) is 0 Å². The molecule has 0 amide bonds. The smallest absolute Gasteiger partial charge is 0.354 e. The number of rotatable bonds is 2. The molecule has 88 valence electrons. The summed E-state index contributed by atoms with van der Waals surface area (Å²) in [5.41, 5.74) is 2.67. The summed E-state index contributed by atoms with van der Waals surface area (Å²) in [6.45, 7) is -0.725. The minimum Gasteiger partial charge on any atom is -0.478 e. The molecule has 1 unspecified atom stereocenters. The van der Waals surface area contributed by atoms with Gasteiger partial charge in [-0.25, -0.2) is 4.79 Å². The van der Waals surface area contributed by atoms with E-state index in [0.29, 0.717) is 0 Å². The Morgan fingerprint density at radius 3 is 2.27 bits per heavy atom. The zero-order valence-corrected chi connectivity index (χ0v) is 7.65. The Labute approximate surface area is 84.5 Å². The molecule has 1 saturated heterocycles. The lowest BCUT2D eigenvalue weighted by molar-refractivity contribution is -0.271. The van der Waals surface area contributed by atoms with Gasteiger partial charge in [0, 0.05) is 0 Å². The first kappa shape index (κ1) is 12.3. The number of aliphatic hydroxyl groups is 4. The molecule has 0 aromatic carbocycles. The summed E-state index contributed by atoms with van der Waals surface area (Å²) < 4.78 is 4.65. The Morgan fingerprint density at radius 2 is 1.87 bits per heavy atom. The van der Waals surface area contributed by atoms with Crippen LogP contribution in [0.4, 0.5) is 0 Å². The van der Waals surface area contributed by atoms with Crippen LogP contribution in [0.5, 0.6) is 0 Å². The van der Waals surface area contributed by atoms with Crippen LogP contribution in [-0.2, 0) is 9.53 Å². The average Bonchev–Trinajstić information content (AvgIpc) is 2.20. The van der Waals surface area contributed by atoms with E-state index in [9.17, 15) is 20.1 Å². The topological polar surface area (TPSA) is 153 Å². The molecule has 1 rings (SSSR count). The van der Waals surface area contributed by atoms with Crippen molar-refractivity contribution in [2.75, 3.05) is 6.61 Å². The Balaban J connectivity index is 2.97. The van der Waals surface area contributed by atoms with E-state index in [1.807, 2.05) is 0 Å². The van der Waals surface area contributed by atoms with E-state index in [4.69, 9.17) is 15.9 Å². The number of nitrogens with two attached hydrogens (primary N) is 1. The third kappa shape index (κ3) is 1.83.